The van der Waals surface area contributed by atoms with Crippen LogP contribution in [0.25, 0.3) is 0 Å². The van der Waals surface area contributed by atoms with E-state index < -0.39 is 0 Å². The maximum atomic E-state index is 2.47. The highest BCUT2D eigenvalue weighted by Gasteiger charge is 2.35. The maximum absolute atomic E-state index is 2.47. The lowest BCUT2D eigenvalue weighted by Gasteiger charge is -2.41. The molecule has 2 aliphatic rings. The summed E-state index contributed by atoms with van der Waals surface area (Å²) < 4.78 is 0. The average Bonchev–Trinajstić information content (AvgIpc) is 2.32. The van der Waals surface area contributed by atoms with Crippen LogP contribution >= 0.6 is 11.8 Å². The summed E-state index contributed by atoms with van der Waals surface area (Å²) in [4.78, 5) is 0. The predicted octanol–water partition coefficient (Wildman–Crippen LogP) is 6.44. The monoisotopic (exact) mass is 282 g/mol. The average molecular weight is 283 g/mol. The SMILES string of the molecule is CC(C)(C)C1CCCCC1SC1CCCCCCC1. The van der Waals surface area contributed by atoms with Crippen molar-refractivity contribution < 1.29 is 0 Å². The van der Waals surface area contributed by atoms with Crippen LogP contribution in [0.5, 0.6) is 0 Å². The Bertz CT molecular complexity index is 245. The Morgan fingerprint density at radius 2 is 1.21 bits per heavy atom. The largest absolute Gasteiger partial charge is 0.155 e. The second-order valence-corrected chi connectivity index (χ2v) is 9.44. The molecule has 0 nitrogen and oxygen atoms in total. The maximum Gasteiger partial charge on any atom is 0.00830 e. The highest BCUT2D eigenvalue weighted by Crippen LogP contribution is 2.46. The first-order valence-electron chi connectivity index (χ1n) is 8.73. The van der Waals surface area contributed by atoms with Gasteiger partial charge in [0.2, 0.25) is 0 Å². The highest BCUT2D eigenvalue weighted by atomic mass is 32.2. The second-order valence-electron chi connectivity index (χ2n) is 7.90. The fraction of sp³-hybridized carbons (Fsp3) is 1.00. The molecule has 0 aromatic carbocycles. The summed E-state index contributed by atoms with van der Waals surface area (Å²) in [5, 5.41) is 1.94. The van der Waals surface area contributed by atoms with Crippen molar-refractivity contribution in [1.82, 2.24) is 0 Å². The van der Waals surface area contributed by atoms with E-state index in [1.165, 1.54) is 70.6 Å². The topological polar surface area (TPSA) is 0 Å². The van der Waals surface area contributed by atoms with Crippen LogP contribution in [0.1, 0.15) is 91.4 Å². The van der Waals surface area contributed by atoms with Crippen molar-refractivity contribution in [1.29, 1.82) is 0 Å². The van der Waals surface area contributed by atoms with Crippen molar-refractivity contribution >= 4 is 11.8 Å². The van der Waals surface area contributed by atoms with Crippen LogP contribution in [0.2, 0.25) is 0 Å². The van der Waals surface area contributed by atoms with Crippen molar-refractivity contribution in [2.45, 2.75) is 102 Å². The molecule has 0 saturated heterocycles. The zero-order chi connectivity index (χ0) is 13.7. The molecular formula is C18H34S. The van der Waals surface area contributed by atoms with Crippen LogP contribution in [-0.4, -0.2) is 10.5 Å². The lowest BCUT2D eigenvalue weighted by molar-refractivity contribution is 0.187. The summed E-state index contributed by atoms with van der Waals surface area (Å²) in [5.74, 6) is 0.955. The Hall–Kier alpha value is 0.350. The van der Waals surface area contributed by atoms with Gasteiger partial charge in [0.1, 0.15) is 0 Å². The second kappa shape index (κ2) is 7.38. The zero-order valence-corrected chi connectivity index (χ0v) is 14.2. The summed E-state index contributed by atoms with van der Waals surface area (Å²) in [7, 11) is 0. The third kappa shape index (κ3) is 4.99. The van der Waals surface area contributed by atoms with Crippen LogP contribution < -0.4 is 0 Å². The van der Waals surface area contributed by atoms with E-state index in [9.17, 15) is 0 Å². The molecule has 0 aliphatic heterocycles. The van der Waals surface area contributed by atoms with Gasteiger partial charge in [-0.05, 0) is 37.0 Å². The van der Waals surface area contributed by atoms with Gasteiger partial charge in [-0.25, -0.2) is 0 Å². The molecular weight excluding hydrogens is 248 g/mol. The lowest BCUT2D eigenvalue weighted by atomic mass is 9.72. The molecule has 2 aliphatic carbocycles. The zero-order valence-electron chi connectivity index (χ0n) is 13.4. The number of hydrogen-bond donors (Lipinski definition) is 0. The third-order valence-corrected chi connectivity index (χ3v) is 7.00. The van der Waals surface area contributed by atoms with Crippen LogP contribution in [0, 0.1) is 11.3 Å². The molecule has 1 heteroatoms. The van der Waals surface area contributed by atoms with Gasteiger partial charge in [0, 0.05) is 10.5 Å². The molecule has 112 valence electrons. The summed E-state index contributed by atoms with van der Waals surface area (Å²) in [6.45, 7) is 7.40. The molecule has 0 aromatic heterocycles. The first-order chi connectivity index (χ1) is 9.07. The Balaban J connectivity index is 1.90. The quantitative estimate of drug-likeness (QED) is 0.562. The smallest absolute Gasteiger partial charge is 0.00830 e. The molecule has 19 heavy (non-hydrogen) atoms. The molecule has 0 bridgehead atoms. The van der Waals surface area contributed by atoms with E-state index in [-0.39, 0.29) is 0 Å². The van der Waals surface area contributed by atoms with Gasteiger partial charge in [-0.1, -0.05) is 65.7 Å². The van der Waals surface area contributed by atoms with E-state index in [1.54, 1.807) is 0 Å². The fourth-order valence-electron chi connectivity index (χ4n) is 4.05. The van der Waals surface area contributed by atoms with E-state index in [0.717, 1.165) is 16.4 Å². The Labute approximate surface area is 125 Å². The Kier molecular flexibility index (Phi) is 6.11. The van der Waals surface area contributed by atoms with Crippen LogP contribution in [0.4, 0.5) is 0 Å². The lowest BCUT2D eigenvalue weighted by Crippen LogP contribution is -2.34. The van der Waals surface area contributed by atoms with Gasteiger partial charge in [0.25, 0.3) is 0 Å². The van der Waals surface area contributed by atoms with Crippen LogP contribution in [0.15, 0.2) is 0 Å². The van der Waals surface area contributed by atoms with Crippen molar-refractivity contribution in [3.05, 3.63) is 0 Å². The van der Waals surface area contributed by atoms with Crippen molar-refractivity contribution in [3.63, 3.8) is 0 Å². The normalized spacial score (nSPS) is 31.7. The molecule has 0 spiro atoms. The van der Waals surface area contributed by atoms with Crippen molar-refractivity contribution in [2.75, 3.05) is 0 Å². The molecule has 0 amide bonds. The molecule has 2 saturated carbocycles. The standard InChI is InChI=1S/C18H34S/c1-18(2,3)16-13-9-10-14-17(16)19-15-11-7-5-4-6-8-12-15/h15-17H,4-14H2,1-3H3. The van der Waals surface area contributed by atoms with E-state index in [4.69, 9.17) is 0 Å². The van der Waals surface area contributed by atoms with Gasteiger partial charge in [0.05, 0.1) is 0 Å². The van der Waals surface area contributed by atoms with Gasteiger partial charge in [-0.2, -0.15) is 11.8 Å². The number of rotatable bonds is 2. The summed E-state index contributed by atoms with van der Waals surface area (Å²) >= 11 is 2.40. The molecule has 2 fully saturated rings. The fourth-order valence-corrected chi connectivity index (χ4v) is 6.19. The Morgan fingerprint density at radius 1 is 0.684 bits per heavy atom. The summed E-state index contributed by atoms with van der Waals surface area (Å²) in [6.07, 6.45) is 16.4. The minimum atomic E-state index is 0.514. The first kappa shape index (κ1) is 15.7. The molecule has 2 rings (SSSR count). The van der Waals surface area contributed by atoms with Crippen molar-refractivity contribution in [3.8, 4) is 0 Å². The van der Waals surface area contributed by atoms with Crippen LogP contribution in [-0.2, 0) is 0 Å². The third-order valence-electron chi connectivity index (χ3n) is 5.23. The molecule has 2 unspecified atom stereocenters. The highest BCUT2D eigenvalue weighted by molar-refractivity contribution is 8.00. The molecule has 0 heterocycles. The van der Waals surface area contributed by atoms with Gasteiger partial charge in [-0.15, -0.1) is 0 Å². The number of thioether (sulfide) groups is 1. The van der Waals surface area contributed by atoms with E-state index >= 15 is 0 Å². The predicted molar refractivity (Wildman–Crippen MR) is 88.9 cm³/mol. The van der Waals surface area contributed by atoms with Gasteiger partial charge in [-0.3, -0.25) is 0 Å². The van der Waals surface area contributed by atoms with Crippen molar-refractivity contribution in [2.24, 2.45) is 11.3 Å². The molecule has 2 atom stereocenters. The molecule has 0 N–H and O–H groups in total. The van der Waals surface area contributed by atoms with E-state index in [1.807, 2.05) is 0 Å². The molecule has 0 radical (unpaired) electrons. The first-order valence-corrected chi connectivity index (χ1v) is 9.67. The van der Waals surface area contributed by atoms with E-state index in [0.29, 0.717) is 5.41 Å². The van der Waals surface area contributed by atoms with Crippen LogP contribution in [0.3, 0.4) is 0 Å². The summed E-state index contributed by atoms with van der Waals surface area (Å²) in [6, 6.07) is 0. The van der Waals surface area contributed by atoms with E-state index in [2.05, 4.69) is 32.5 Å². The van der Waals surface area contributed by atoms with Gasteiger partial charge in [0.15, 0.2) is 0 Å². The Morgan fingerprint density at radius 3 is 1.84 bits per heavy atom. The van der Waals surface area contributed by atoms with Gasteiger partial charge < -0.3 is 0 Å². The molecule has 0 aromatic rings. The number of hydrogen-bond acceptors (Lipinski definition) is 1. The van der Waals surface area contributed by atoms with Gasteiger partial charge >= 0.3 is 0 Å². The minimum Gasteiger partial charge on any atom is -0.155 e. The summed E-state index contributed by atoms with van der Waals surface area (Å²) in [5.41, 5.74) is 0.514. The minimum absolute atomic E-state index is 0.514.